The molecule has 1 aromatic heterocycles. The smallest absolute Gasteiger partial charge is 0.241 e. The van der Waals surface area contributed by atoms with E-state index >= 15 is 0 Å². The Morgan fingerprint density at radius 2 is 2.08 bits per heavy atom. The van der Waals surface area contributed by atoms with Crippen molar-refractivity contribution in [2.45, 2.75) is 44.2 Å². The molecule has 0 saturated carbocycles. The van der Waals surface area contributed by atoms with Gasteiger partial charge in [0.05, 0.1) is 16.6 Å². The van der Waals surface area contributed by atoms with E-state index in [4.69, 9.17) is 0 Å². The molecule has 1 amide bonds. The molecule has 2 atom stereocenters. The first kappa shape index (κ1) is 17.6. The summed E-state index contributed by atoms with van der Waals surface area (Å²) in [4.78, 5) is 17.9. The van der Waals surface area contributed by atoms with Gasteiger partial charge < -0.3 is 4.90 Å². The highest BCUT2D eigenvalue weighted by Gasteiger charge is 2.30. The van der Waals surface area contributed by atoms with E-state index in [1.165, 1.54) is 6.92 Å². The quantitative estimate of drug-likeness (QED) is 0.909. The Morgan fingerprint density at radius 3 is 2.72 bits per heavy atom. The van der Waals surface area contributed by atoms with Crippen LogP contribution < -0.4 is 9.62 Å². The number of nitrogens with zero attached hydrogens (tertiary/aromatic N) is 2. The maximum atomic E-state index is 12.7. The number of hydrogen-bond acceptors (Lipinski definition) is 4. The van der Waals surface area contributed by atoms with Crippen LogP contribution in [0.2, 0.25) is 0 Å². The highest BCUT2D eigenvalue weighted by atomic mass is 32.2. The van der Waals surface area contributed by atoms with E-state index in [1.54, 1.807) is 48.4 Å². The van der Waals surface area contributed by atoms with Gasteiger partial charge in [0, 0.05) is 24.8 Å². The zero-order valence-corrected chi connectivity index (χ0v) is 15.2. The van der Waals surface area contributed by atoms with Crippen LogP contribution in [0.3, 0.4) is 0 Å². The van der Waals surface area contributed by atoms with Gasteiger partial charge in [0.2, 0.25) is 15.9 Å². The molecule has 0 bridgehead atoms. The lowest BCUT2D eigenvalue weighted by molar-refractivity contribution is -0.116. The van der Waals surface area contributed by atoms with Gasteiger partial charge in [-0.25, -0.2) is 13.1 Å². The fourth-order valence-electron chi connectivity index (χ4n) is 3.25. The first-order valence-corrected chi connectivity index (χ1v) is 9.64. The van der Waals surface area contributed by atoms with Gasteiger partial charge in [-0.15, -0.1) is 0 Å². The van der Waals surface area contributed by atoms with Crippen molar-refractivity contribution < 1.29 is 13.2 Å². The van der Waals surface area contributed by atoms with E-state index in [1.807, 2.05) is 13.0 Å². The second-order valence-corrected chi connectivity index (χ2v) is 8.04. The molecule has 1 N–H and O–H groups in total. The van der Waals surface area contributed by atoms with Gasteiger partial charge in [0.15, 0.2) is 0 Å². The third kappa shape index (κ3) is 3.43. The molecule has 2 unspecified atom stereocenters. The van der Waals surface area contributed by atoms with Crippen molar-refractivity contribution in [2.24, 2.45) is 0 Å². The molecule has 132 valence electrons. The van der Waals surface area contributed by atoms with Crippen LogP contribution in [0.4, 0.5) is 5.69 Å². The third-order valence-corrected chi connectivity index (χ3v) is 5.92. The zero-order valence-electron chi connectivity index (χ0n) is 14.4. The molecular formula is C18H21N3O3S. The maximum Gasteiger partial charge on any atom is 0.241 e. The van der Waals surface area contributed by atoms with Gasteiger partial charge in [-0.05, 0) is 56.2 Å². The van der Waals surface area contributed by atoms with E-state index in [0.717, 1.165) is 11.3 Å². The molecule has 1 aliphatic rings. The Labute approximate surface area is 147 Å². The molecule has 2 aromatic rings. The highest BCUT2D eigenvalue weighted by Crippen LogP contribution is 2.34. The molecule has 2 heterocycles. The number of aromatic nitrogens is 1. The highest BCUT2D eigenvalue weighted by molar-refractivity contribution is 7.89. The normalized spacial score (nSPS) is 18.0. The summed E-state index contributed by atoms with van der Waals surface area (Å²) >= 11 is 0. The Hall–Kier alpha value is -2.25. The summed E-state index contributed by atoms with van der Waals surface area (Å²) in [6.45, 7) is 5.23. The monoisotopic (exact) mass is 359 g/mol. The summed E-state index contributed by atoms with van der Waals surface area (Å²) in [5.74, 6) is -0.0382. The number of anilines is 1. The number of carbonyl (C=O) groups excluding carboxylic acids is 1. The number of amides is 1. The van der Waals surface area contributed by atoms with Crippen molar-refractivity contribution in [3.8, 4) is 0 Å². The van der Waals surface area contributed by atoms with Crippen molar-refractivity contribution in [3.63, 3.8) is 0 Å². The van der Waals surface area contributed by atoms with Gasteiger partial charge >= 0.3 is 0 Å². The summed E-state index contributed by atoms with van der Waals surface area (Å²) in [7, 11) is -3.68. The minimum atomic E-state index is -3.68. The SMILES string of the molecule is CC(=O)N1c2ccc(S(=O)(=O)NC(C)c3ccccn3)cc2CC1C. The lowest BCUT2D eigenvalue weighted by Gasteiger charge is -2.20. The Kier molecular flexibility index (Phi) is 4.62. The van der Waals surface area contributed by atoms with E-state index < -0.39 is 16.1 Å². The number of carbonyl (C=O) groups is 1. The van der Waals surface area contributed by atoms with Crippen LogP contribution in [0.15, 0.2) is 47.5 Å². The Morgan fingerprint density at radius 1 is 1.32 bits per heavy atom. The molecule has 0 spiro atoms. The van der Waals surface area contributed by atoms with Crippen LogP contribution in [0.1, 0.15) is 38.1 Å². The fourth-order valence-corrected chi connectivity index (χ4v) is 4.51. The number of hydrogen-bond donors (Lipinski definition) is 1. The zero-order chi connectivity index (χ0) is 18.2. The largest absolute Gasteiger partial charge is 0.309 e. The van der Waals surface area contributed by atoms with Crippen molar-refractivity contribution in [3.05, 3.63) is 53.9 Å². The third-order valence-electron chi connectivity index (χ3n) is 4.38. The average molecular weight is 359 g/mol. The maximum absolute atomic E-state index is 12.7. The van der Waals surface area contributed by atoms with Gasteiger partial charge in [0.1, 0.15) is 0 Å². The first-order chi connectivity index (χ1) is 11.8. The molecule has 3 rings (SSSR count). The van der Waals surface area contributed by atoms with E-state index in [9.17, 15) is 13.2 Å². The van der Waals surface area contributed by atoms with Gasteiger partial charge in [-0.2, -0.15) is 0 Å². The van der Waals surface area contributed by atoms with Gasteiger partial charge in [-0.1, -0.05) is 6.07 Å². The minimum Gasteiger partial charge on any atom is -0.309 e. The molecule has 0 saturated heterocycles. The first-order valence-electron chi connectivity index (χ1n) is 8.15. The van der Waals surface area contributed by atoms with Crippen LogP contribution >= 0.6 is 0 Å². The average Bonchev–Trinajstić information content (AvgIpc) is 2.90. The van der Waals surface area contributed by atoms with Crippen molar-refractivity contribution in [1.29, 1.82) is 0 Å². The summed E-state index contributed by atoms with van der Waals surface area (Å²) in [6, 6.07) is 9.89. The molecule has 7 heteroatoms. The number of sulfonamides is 1. The summed E-state index contributed by atoms with van der Waals surface area (Å²) in [5, 5.41) is 0. The second-order valence-electron chi connectivity index (χ2n) is 6.33. The second kappa shape index (κ2) is 6.57. The van der Waals surface area contributed by atoms with Crippen LogP contribution in [0.25, 0.3) is 0 Å². The number of benzene rings is 1. The molecule has 1 aliphatic heterocycles. The van der Waals surface area contributed by atoms with Gasteiger partial charge in [-0.3, -0.25) is 9.78 Å². The van der Waals surface area contributed by atoms with Crippen molar-refractivity contribution >= 4 is 21.6 Å². The fraction of sp³-hybridized carbons (Fsp3) is 0.333. The van der Waals surface area contributed by atoms with Crippen molar-refractivity contribution in [1.82, 2.24) is 9.71 Å². The number of rotatable bonds is 4. The molecule has 6 nitrogen and oxygen atoms in total. The minimum absolute atomic E-state index is 0.0332. The molecule has 0 fully saturated rings. The Bertz CT molecular complexity index is 897. The van der Waals surface area contributed by atoms with E-state index in [0.29, 0.717) is 12.1 Å². The van der Waals surface area contributed by atoms with Crippen LogP contribution in [0, 0.1) is 0 Å². The lowest BCUT2D eigenvalue weighted by Crippen LogP contribution is -2.33. The predicted octanol–water partition coefficient (Wildman–Crippen LogP) is 2.42. The topological polar surface area (TPSA) is 79.4 Å². The van der Waals surface area contributed by atoms with E-state index in [2.05, 4.69) is 9.71 Å². The van der Waals surface area contributed by atoms with E-state index in [-0.39, 0.29) is 16.8 Å². The standard InChI is InChI=1S/C18H21N3O3S/c1-12-10-15-11-16(7-8-18(15)21(12)14(3)22)25(23,24)20-13(2)17-6-4-5-9-19-17/h4-9,11-13,20H,10H2,1-3H3. The van der Waals surface area contributed by atoms with Crippen LogP contribution in [0.5, 0.6) is 0 Å². The van der Waals surface area contributed by atoms with Crippen LogP contribution in [-0.2, 0) is 21.2 Å². The Balaban J connectivity index is 1.87. The number of nitrogens with one attached hydrogen (secondary N) is 1. The number of pyridine rings is 1. The molecule has 25 heavy (non-hydrogen) atoms. The lowest BCUT2D eigenvalue weighted by atomic mass is 10.1. The number of fused-ring (bicyclic) bond motifs is 1. The molecule has 0 aliphatic carbocycles. The predicted molar refractivity (Wildman–Crippen MR) is 95.7 cm³/mol. The molecular weight excluding hydrogens is 338 g/mol. The van der Waals surface area contributed by atoms with Crippen molar-refractivity contribution in [2.75, 3.05) is 4.90 Å². The summed E-state index contributed by atoms with van der Waals surface area (Å²) in [5.41, 5.74) is 2.32. The van der Waals surface area contributed by atoms with Crippen LogP contribution in [-0.4, -0.2) is 25.4 Å². The summed E-state index contributed by atoms with van der Waals surface area (Å²) < 4.78 is 28.0. The molecule has 1 aromatic carbocycles. The van der Waals surface area contributed by atoms with Gasteiger partial charge in [0.25, 0.3) is 0 Å². The molecule has 0 radical (unpaired) electrons. The summed E-state index contributed by atoms with van der Waals surface area (Å²) in [6.07, 6.45) is 2.28.